The Morgan fingerprint density at radius 2 is 2.04 bits per heavy atom. The smallest absolute Gasteiger partial charge is 0.335 e. The summed E-state index contributed by atoms with van der Waals surface area (Å²) in [7, 11) is -2.50. The first-order valence-electron chi connectivity index (χ1n) is 9.02. The fourth-order valence-corrected chi connectivity index (χ4v) is 5.35. The summed E-state index contributed by atoms with van der Waals surface area (Å²) < 4.78 is 61.5. The van der Waals surface area contributed by atoms with Crippen LogP contribution in [0.3, 0.4) is 0 Å². The number of hydrogen-bond donors (Lipinski definition) is 0. The van der Waals surface area contributed by atoms with E-state index in [2.05, 4.69) is 0 Å². The maximum atomic E-state index is 14.3. The van der Waals surface area contributed by atoms with E-state index in [9.17, 15) is 17.6 Å². The van der Waals surface area contributed by atoms with Crippen LogP contribution in [0, 0.1) is 5.82 Å². The molecule has 1 saturated heterocycles. The molecule has 0 amide bonds. The summed E-state index contributed by atoms with van der Waals surface area (Å²) in [6, 6.07) is 3.99. The number of hydrogen-bond acceptors (Lipinski definition) is 7. The van der Waals surface area contributed by atoms with Gasteiger partial charge >= 0.3 is 5.97 Å². The molecule has 0 N–H and O–H groups in total. The Hall–Kier alpha value is -1.97. The van der Waals surface area contributed by atoms with Crippen LogP contribution in [0.2, 0.25) is 0 Å². The van der Waals surface area contributed by atoms with Crippen molar-refractivity contribution >= 4 is 15.8 Å². The highest BCUT2D eigenvalue weighted by molar-refractivity contribution is 7.91. The summed E-state index contributed by atoms with van der Waals surface area (Å²) in [6.07, 6.45) is 1.81. The molecule has 0 aromatic heterocycles. The van der Waals surface area contributed by atoms with E-state index in [1.807, 2.05) is 0 Å². The van der Waals surface area contributed by atoms with Crippen molar-refractivity contribution in [3.05, 3.63) is 41.2 Å². The molecule has 1 aliphatic heterocycles. The number of sulfone groups is 1. The Kier molecular flexibility index (Phi) is 6.07. The first-order chi connectivity index (χ1) is 13.3. The Morgan fingerprint density at radius 1 is 1.32 bits per heavy atom. The molecule has 1 unspecified atom stereocenters. The number of esters is 1. The van der Waals surface area contributed by atoms with Crippen molar-refractivity contribution in [2.24, 2.45) is 0 Å². The largest absolute Gasteiger partial charge is 0.497 e. The van der Waals surface area contributed by atoms with Gasteiger partial charge in [0.25, 0.3) is 0 Å². The molecule has 1 atom stereocenters. The van der Waals surface area contributed by atoms with E-state index in [1.54, 1.807) is 6.92 Å². The lowest BCUT2D eigenvalue weighted by Crippen LogP contribution is -2.41. The first-order valence-corrected chi connectivity index (χ1v) is 10.7. The summed E-state index contributed by atoms with van der Waals surface area (Å²) in [5.74, 6) is -2.76. The molecule has 0 radical (unpaired) electrons. The molecule has 0 bridgehead atoms. The molecule has 7 nitrogen and oxygen atoms in total. The van der Waals surface area contributed by atoms with E-state index in [4.69, 9.17) is 18.9 Å². The van der Waals surface area contributed by atoms with Gasteiger partial charge in [0, 0.05) is 18.1 Å². The third-order valence-electron chi connectivity index (χ3n) is 4.81. The number of halogens is 1. The van der Waals surface area contributed by atoms with E-state index in [-0.39, 0.29) is 30.6 Å². The predicted molar refractivity (Wildman–Crippen MR) is 97.9 cm³/mol. The maximum Gasteiger partial charge on any atom is 0.335 e. The highest BCUT2D eigenvalue weighted by Gasteiger charge is 2.46. The van der Waals surface area contributed by atoms with Crippen molar-refractivity contribution in [3.63, 3.8) is 0 Å². The second kappa shape index (κ2) is 8.18. The van der Waals surface area contributed by atoms with Crippen LogP contribution in [-0.4, -0.2) is 52.4 Å². The lowest BCUT2D eigenvalue weighted by molar-refractivity contribution is -0.143. The zero-order chi connectivity index (χ0) is 20.4. The molecule has 0 saturated carbocycles. The van der Waals surface area contributed by atoms with Crippen LogP contribution < -0.4 is 4.74 Å². The Bertz CT molecular complexity index is 872. The second-order valence-corrected chi connectivity index (χ2v) is 8.80. The summed E-state index contributed by atoms with van der Waals surface area (Å²) in [5.41, 5.74) is -0.0124. The monoisotopic (exact) mass is 414 g/mol. The maximum absolute atomic E-state index is 14.3. The number of rotatable bonds is 6. The highest BCUT2D eigenvalue weighted by Crippen LogP contribution is 2.38. The van der Waals surface area contributed by atoms with Crippen molar-refractivity contribution in [1.82, 2.24) is 0 Å². The van der Waals surface area contributed by atoms with E-state index in [0.29, 0.717) is 19.0 Å². The molecule has 154 valence electrons. The van der Waals surface area contributed by atoms with E-state index in [0.717, 1.165) is 6.07 Å². The van der Waals surface area contributed by atoms with Gasteiger partial charge in [-0.05, 0) is 25.5 Å². The molecule has 1 aliphatic carbocycles. The van der Waals surface area contributed by atoms with Crippen LogP contribution in [0.4, 0.5) is 4.39 Å². The Morgan fingerprint density at radius 3 is 2.64 bits per heavy atom. The quantitative estimate of drug-likeness (QED) is 0.659. The number of carbonyl (C=O) groups excluding carboxylic acids is 1. The van der Waals surface area contributed by atoms with Gasteiger partial charge in [0.2, 0.25) is 0 Å². The average molecular weight is 414 g/mol. The fourth-order valence-electron chi connectivity index (χ4n) is 3.46. The van der Waals surface area contributed by atoms with Crippen LogP contribution in [0.25, 0.3) is 0 Å². The fraction of sp³-hybridized carbons (Fsp3) is 0.526. The lowest BCUT2D eigenvalue weighted by Gasteiger charge is -2.33. The molecular formula is C19H23FO7S. The van der Waals surface area contributed by atoms with Crippen molar-refractivity contribution in [3.8, 4) is 5.75 Å². The Labute approximate surface area is 163 Å². The molecule has 28 heavy (non-hydrogen) atoms. The SMILES string of the molecule is CCOC(=O)C1=CC2(CCC1S(=O)(=O)Cc1ccc(OC)cc1F)OCCO2. The summed E-state index contributed by atoms with van der Waals surface area (Å²) in [4.78, 5) is 12.4. The average Bonchev–Trinajstić information content (AvgIpc) is 3.11. The van der Waals surface area contributed by atoms with Crippen molar-refractivity contribution in [2.75, 3.05) is 26.9 Å². The van der Waals surface area contributed by atoms with Crippen molar-refractivity contribution in [2.45, 2.75) is 36.6 Å². The number of benzene rings is 1. The highest BCUT2D eigenvalue weighted by atomic mass is 32.2. The van der Waals surface area contributed by atoms with E-state index < -0.39 is 38.4 Å². The van der Waals surface area contributed by atoms with Crippen LogP contribution in [0.5, 0.6) is 5.75 Å². The van der Waals surface area contributed by atoms with Crippen LogP contribution in [0.15, 0.2) is 29.8 Å². The minimum Gasteiger partial charge on any atom is -0.497 e. The van der Waals surface area contributed by atoms with Gasteiger partial charge < -0.3 is 18.9 Å². The third kappa shape index (κ3) is 4.21. The van der Waals surface area contributed by atoms with Crippen molar-refractivity contribution < 1.29 is 36.6 Å². The molecule has 3 rings (SSSR count). The minimum atomic E-state index is -3.90. The first kappa shape index (κ1) is 20.8. The van der Waals surface area contributed by atoms with Gasteiger partial charge in [-0.15, -0.1) is 0 Å². The van der Waals surface area contributed by atoms with Gasteiger partial charge in [-0.1, -0.05) is 6.07 Å². The normalized spacial score (nSPS) is 21.4. The molecule has 1 fully saturated rings. The summed E-state index contributed by atoms with van der Waals surface area (Å²) in [5, 5.41) is -1.12. The topological polar surface area (TPSA) is 88.1 Å². The van der Waals surface area contributed by atoms with Gasteiger partial charge in [-0.3, -0.25) is 0 Å². The second-order valence-electron chi connectivity index (χ2n) is 6.62. The van der Waals surface area contributed by atoms with Gasteiger partial charge in [0.1, 0.15) is 11.6 Å². The lowest BCUT2D eigenvalue weighted by atomic mass is 9.94. The molecule has 1 aromatic rings. The summed E-state index contributed by atoms with van der Waals surface area (Å²) >= 11 is 0. The number of methoxy groups -OCH3 is 1. The summed E-state index contributed by atoms with van der Waals surface area (Å²) in [6.45, 7) is 2.46. The van der Waals surface area contributed by atoms with E-state index >= 15 is 0 Å². The molecular weight excluding hydrogens is 391 g/mol. The van der Waals surface area contributed by atoms with Crippen LogP contribution >= 0.6 is 0 Å². The zero-order valence-electron chi connectivity index (χ0n) is 15.8. The number of carbonyl (C=O) groups is 1. The van der Waals surface area contributed by atoms with E-state index in [1.165, 1.54) is 25.3 Å². The molecule has 1 heterocycles. The van der Waals surface area contributed by atoms with Gasteiger partial charge in [0.05, 0.1) is 43.5 Å². The predicted octanol–water partition coefficient (Wildman–Crippen LogP) is 2.14. The molecule has 9 heteroatoms. The Balaban J connectivity index is 1.91. The van der Waals surface area contributed by atoms with Crippen LogP contribution in [0.1, 0.15) is 25.3 Å². The van der Waals surface area contributed by atoms with Crippen LogP contribution in [-0.2, 0) is 34.6 Å². The van der Waals surface area contributed by atoms with Gasteiger partial charge in [-0.25, -0.2) is 17.6 Å². The number of ether oxygens (including phenoxy) is 4. The standard InChI is InChI=1S/C19H23FO7S/c1-3-25-18(21)15-11-19(26-8-9-27-19)7-6-17(15)28(22,23)12-13-4-5-14(24-2)10-16(13)20/h4-5,10-11,17H,3,6-9,12H2,1-2H3. The van der Waals surface area contributed by atoms with Crippen molar-refractivity contribution in [1.29, 1.82) is 0 Å². The molecule has 1 spiro atoms. The molecule has 2 aliphatic rings. The minimum absolute atomic E-state index is 0.0117. The van der Waals surface area contributed by atoms with Gasteiger partial charge in [-0.2, -0.15) is 0 Å². The zero-order valence-corrected chi connectivity index (χ0v) is 16.6. The van der Waals surface area contributed by atoms with Gasteiger partial charge in [0.15, 0.2) is 15.6 Å². The molecule has 1 aromatic carbocycles. The third-order valence-corrected chi connectivity index (χ3v) is 6.88.